The van der Waals surface area contributed by atoms with Crippen molar-refractivity contribution in [3.05, 3.63) is 38.0 Å². The van der Waals surface area contributed by atoms with E-state index in [-0.39, 0.29) is 17.7 Å². The summed E-state index contributed by atoms with van der Waals surface area (Å²) in [6.45, 7) is 12.4. The van der Waals surface area contributed by atoms with Gasteiger partial charge in [-0.15, -0.1) is 0 Å². The number of amides is 3. The van der Waals surface area contributed by atoms with Gasteiger partial charge in [0.1, 0.15) is 0 Å². The van der Waals surface area contributed by atoms with Crippen molar-refractivity contribution in [2.75, 3.05) is 39.5 Å². The van der Waals surface area contributed by atoms with Crippen LogP contribution in [-0.2, 0) is 28.3 Å². The second kappa shape index (κ2) is 18.0. The molecule has 0 saturated heterocycles. The van der Waals surface area contributed by atoms with Gasteiger partial charge in [-0.2, -0.15) is 0 Å². The summed E-state index contributed by atoms with van der Waals surface area (Å²) in [5.74, 6) is -0.730. The molecule has 0 aromatic heterocycles. The van der Waals surface area contributed by atoms with Crippen molar-refractivity contribution < 1.29 is 28.3 Å². The monoisotopic (exact) mass is 395 g/mol. The van der Waals surface area contributed by atoms with Crippen LogP contribution in [0.4, 0.5) is 0 Å². The number of carbonyl (C=O) groups is 3. The molecule has 0 saturated carbocycles. The number of hydrogen-bond acceptors (Lipinski definition) is 6. The Bertz CT molecular complexity index is 444. The number of nitrogens with one attached hydrogen (secondary N) is 3. The second-order valence-electron chi connectivity index (χ2n) is 5.45. The van der Waals surface area contributed by atoms with Crippen molar-refractivity contribution in [1.82, 2.24) is 16.0 Å². The summed E-state index contributed by atoms with van der Waals surface area (Å²) in [5.41, 5.74) is 0. The van der Waals surface area contributed by atoms with E-state index in [9.17, 15) is 14.4 Å². The van der Waals surface area contributed by atoms with Crippen molar-refractivity contribution in [3.63, 3.8) is 0 Å². The van der Waals surface area contributed by atoms with Gasteiger partial charge in [0.05, 0.1) is 0 Å². The van der Waals surface area contributed by atoms with Gasteiger partial charge < -0.3 is 29.9 Å². The van der Waals surface area contributed by atoms with Gasteiger partial charge in [0.2, 0.25) is 17.7 Å². The van der Waals surface area contributed by atoms with Gasteiger partial charge in [-0.1, -0.05) is 19.7 Å². The zero-order valence-electron chi connectivity index (χ0n) is 16.2. The van der Waals surface area contributed by atoms with Crippen molar-refractivity contribution in [1.29, 1.82) is 0 Å². The molecule has 3 N–H and O–H groups in total. The maximum Gasteiger partial charge on any atom is 0.639 e. The highest BCUT2D eigenvalue weighted by atomic mass is 16.7. The predicted octanol–water partition coefficient (Wildman–Crippen LogP) is 0.0980. The maximum absolute atomic E-state index is 11.1. The average molecular weight is 395 g/mol. The van der Waals surface area contributed by atoms with E-state index in [0.29, 0.717) is 58.7 Å². The summed E-state index contributed by atoms with van der Waals surface area (Å²) in [4.78, 5) is 33.2. The molecule has 0 aliphatic rings. The fourth-order valence-electron chi connectivity index (χ4n) is 1.75. The summed E-state index contributed by atoms with van der Waals surface area (Å²) in [6, 6.07) is 0. The van der Waals surface area contributed by atoms with Gasteiger partial charge in [-0.25, -0.2) is 0 Å². The molecule has 0 aromatic carbocycles. The van der Waals surface area contributed by atoms with Crippen LogP contribution < -0.4 is 16.0 Å². The molecule has 3 amide bonds. The third-order valence-electron chi connectivity index (χ3n) is 3.18. The molecule has 0 atom stereocenters. The predicted molar refractivity (Wildman–Crippen MR) is 107 cm³/mol. The first-order chi connectivity index (χ1) is 13.5. The Morgan fingerprint density at radius 2 is 0.929 bits per heavy atom. The second-order valence-corrected chi connectivity index (χ2v) is 5.45. The molecule has 28 heavy (non-hydrogen) atoms. The highest BCUT2D eigenvalue weighted by molar-refractivity contribution is 6.36. The van der Waals surface area contributed by atoms with Crippen LogP contribution in [0.5, 0.6) is 0 Å². The van der Waals surface area contributed by atoms with Crippen molar-refractivity contribution in [3.8, 4) is 0 Å². The summed E-state index contributed by atoms with van der Waals surface area (Å²) in [5, 5.41) is 7.93. The van der Waals surface area contributed by atoms with Crippen LogP contribution in [0.1, 0.15) is 19.3 Å². The molecule has 10 heteroatoms. The standard InChI is InChI=1S/C18H30BN3O6/c1-4-16(23)20-10-7-13-26-19(27-14-8-11-21-17(24)5-2)28-15-9-12-22-18(25)6-3/h4-6H,1-3,7-15H2,(H,20,23)(H,21,24)(H,22,25). The molecule has 156 valence electrons. The molecule has 0 spiro atoms. The molecular formula is C18H30BN3O6. The van der Waals surface area contributed by atoms with Gasteiger partial charge in [0.25, 0.3) is 0 Å². The van der Waals surface area contributed by atoms with Crippen LogP contribution >= 0.6 is 0 Å². The van der Waals surface area contributed by atoms with E-state index in [4.69, 9.17) is 14.0 Å². The quantitative estimate of drug-likeness (QED) is 0.172. The Hall–Kier alpha value is -2.43. The summed E-state index contributed by atoms with van der Waals surface area (Å²) >= 11 is 0. The Balaban J connectivity index is 4.07. The molecule has 0 aliphatic heterocycles. The van der Waals surface area contributed by atoms with Gasteiger partial charge in [0.15, 0.2) is 0 Å². The zero-order valence-corrected chi connectivity index (χ0v) is 16.2. The molecule has 0 radical (unpaired) electrons. The first kappa shape index (κ1) is 25.6. The maximum atomic E-state index is 11.1. The molecule has 9 nitrogen and oxygen atoms in total. The first-order valence-corrected chi connectivity index (χ1v) is 9.09. The van der Waals surface area contributed by atoms with Crippen molar-refractivity contribution >= 4 is 25.0 Å². The van der Waals surface area contributed by atoms with Crippen LogP contribution in [0.25, 0.3) is 0 Å². The van der Waals surface area contributed by atoms with E-state index in [1.54, 1.807) is 0 Å². The number of rotatable bonds is 18. The number of carbonyl (C=O) groups excluding carboxylic acids is 3. The summed E-state index contributed by atoms with van der Waals surface area (Å²) in [7, 11) is -0.875. The Morgan fingerprint density at radius 1 is 0.643 bits per heavy atom. The first-order valence-electron chi connectivity index (χ1n) is 9.09. The van der Waals surface area contributed by atoms with Crippen molar-refractivity contribution in [2.45, 2.75) is 19.3 Å². The van der Waals surface area contributed by atoms with Crippen LogP contribution in [0.15, 0.2) is 38.0 Å². The smallest absolute Gasteiger partial charge is 0.386 e. The third kappa shape index (κ3) is 15.8. The van der Waals surface area contributed by atoms with Gasteiger partial charge in [-0.05, 0) is 37.5 Å². The van der Waals surface area contributed by atoms with Crippen LogP contribution in [0.2, 0.25) is 0 Å². The summed E-state index contributed by atoms with van der Waals surface area (Å²) in [6.07, 6.45) is 5.33. The van der Waals surface area contributed by atoms with E-state index in [1.807, 2.05) is 0 Å². The van der Waals surface area contributed by atoms with Crippen LogP contribution in [0.3, 0.4) is 0 Å². The summed E-state index contributed by atoms with van der Waals surface area (Å²) < 4.78 is 16.6. The van der Waals surface area contributed by atoms with Gasteiger partial charge in [0, 0.05) is 39.5 Å². The van der Waals surface area contributed by atoms with E-state index < -0.39 is 7.32 Å². The van der Waals surface area contributed by atoms with Gasteiger partial charge in [-0.3, -0.25) is 14.4 Å². The fourth-order valence-corrected chi connectivity index (χ4v) is 1.75. The zero-order chi connectivity index (χ0) is 21.0. The Labute approximate surface area is 166 Å². The molecule has 0 rings (SSSR count). The minimum atomic E-state index is -0.875. The lowest BCUT2D eigenvalue weighted by molar-refractivity contribution is -0.117. The molecule has 0 unspecified atom stereocenters. The fraction of sp³-hybridized carbons (Fsp3) is 0.500. The topological polar surface area (TPSA) is 115 Å². The minimum absolute atomic E-state index is 0.243. The lowest BCUT2D eigenvalue weighted by Crippen LogP contribution is -2.32. The van der Waals surface area contributed by atoms with E-state index in [0.717, 1.165) is 0 Å². The van der Waals surface area contributed by atoms with E-state index in [1.165, 1.54) is 18.2 Å². The van der Waals surface area contributed by atoms with Crippen LogP contribution in [0, 0.1) is 0 Å². The average Bonchev–Trinajstić information content (AvgIpc) is 2.71. The lowest BCUT2D eigenvalue weighted by atomic mass is 10.2. The Kier molecular flexibility index (Phi) is 16.4. The molecule has 0 fully saturated rings. The Morgan fingerprint density at radius 3 is 1.18 bits per heavy atom. The molecule has 0 heterocycles. The van der Waals surface area contributed by atoms with E-state index in [2.05, 4.69) is 35.7 Å². The molecule has 0 aromatic rings. The SMILES string of the molecule is C=CC(=O)NCCCOB(OCCCNC(=O)C=C)OCCCNC(=O)C=C. The highest BCUT2D eigenvalue weighted by Crippen LogP contribution is 1.97. The molecule has 0 aliphatic carbocycles. The van der Waals surface area contributed by atoms with Gasteiger partial charge >= 0.3 is 7.32 Å². The normalized spacial score (nSPS) is 9.86. The molecule has 0 bridgehead atoms. The van der Waals surface area contributed by atoms with E-state index >= 15 is 0 Å². The van der Waals surface area contributed by atoms with Crippen molar-refractivity contribution in [2.24, 2.45) is 0 Å². The third-order valence-corrected chi connectivity index (χ3v) is 3.18. The van der Waals surface area contributed by atoms with Crippen LogP contribution in [-0.4, -0.2) is 64.5 Å². The molecular weight excluding hydrogens is 365 g/mol. The largest absolute Gasteiger partial charge is 0.639 e. The minimum Gasteiger partial charge on any atom is -0.386 e. The highest BCUT2D eigenvalue weighted by Gasteiger charge is 2.20. The lowest BCUT2D eigenvalue weighted by Gasteiger charge is -2.15. The number of hydrogen-bond donors (Lipinski definition) is 3.